The maximum Gasteiger partial charge on any atom is 0.521 e. The van der Waals surface area contributed by atoms with Crippen molar-refractivity contribution in [3.8, 4) is 0 Å². The van der Waals surface area contributed by atoms with E-state index in [1.165, 1.54) is 0 Å². The molecule has 0 bridgehead atoms. The molecule has 18 heavy (non-hydrogen) atoms. The van der Waals surface area contributed by atoms with E-state index in [2.05, 4.69) is 0 Å². The van der Waals surface area contributed by atoms with Crippen LogP contribution in [0.15, 0.2) is 36.7 Å². The fourth-order valence-corrected chi connectivity index (χ4v) is 4.25. The normalized spacial score (nSPS) is 15.2. The first-order chi connectivity index (χ1) is 8.76. The van der Waals surface area contributed by atoms with Crippen LogP contribution in [0, 0.1) is 0 Å². The van der Waals surface area contributed by atoms with Gasteiger partial charge in [0.15, 0.2) is 0 Å². The highest BCUT2D eigenvalue weighted by molar-refractivity contribution is 6.61. The zero-order chi connectivity index (χ0) is 13.3. The van der Waals surface area contributed by atoms with E-state index in [0.29, 0.717) is 26.0 Å². The Balaban J connectivity index is 2.74. The first-order valence-corrected chi connectivity index (χ1v) is 8.38. The van der Waals surface area contributed by atoms with Crippen LogP contribution in [0.1, 0.15) is 20.8 Å². The SMILES string of the molecule is CCO[Si](CN1C=CC=CC=C1)(OCC)OCC. The van der Waals surface area contributed by atoms with E-state index >= 15 is 0 Å². The molecule has 0 saturated heterocycles. The van der Waals surface area contributed by atoms with Crippen LogP contribution in [0.2, 0.25) is 0 Å². The standard InChI is InChI=1S/C13H23NO3Si/c1-4-15-18(16-5-2,17-6-3)13-14-11-9-7-8-10-12-14/h7-12H,4-6,13H2,1-3H3. The third kappa shape index (κ3) is 4.78. The summed E-state index contributed by atoms with van der Waals surface area (Å²) in [7, 11) is -2.61. The monoisotopic (exact) mass is 269 g/mol. The van der Waals surface area contributed by atoms with Gasteiger partial charge >= 0.3 is 8.80 Å². The van der Waals surface area contributed by atoms with Gasteiger partial charge in [-0.25, -0.2) is 0 Å². The van der Waals surface area contributed by atoms with Crippen molar-refractivity contribution < 1.29 is 13.3 Å². The molecule has 0 aromatic carbocycles. The average Bonchev–Trinajstić information content (AvgIpc) is 2.58. The van der Waals surface area contributed by atoms with Crippen LogP contribution in [0.5, 0.6) is 0 Å². The van der Waals surface area contributed by atoms with Gasteiger partial charge in [-0.2, -0.15) is 0 Å². The summed E-state index contributed by atoms with van der Waals surface area (Å²) in [5, 5.41) is 0. The average molecular weight is 269 g/mol. The lowest BCUT2D eigenvalue weighted by Crippen LogP contribution is -2.53. The van der Waals surface area contributed by atoms with Crippen LogP contribution in [-0.4, -0.2) is 39.7 Å². The Bertz CT molecular complexity index is 282. The van der Waals surface area contributed by atoms with Gasteiger partial charge in [-0.15, -0.1) is 0 Å². The molecule has 0 unspecified atom stereocenters. The molecule has 1 rings (SSSR count). The number of nitrogens with zero attached hydrogens (tertiary/aromatic N) is 1. The van der Waals surface area contributed by atoms with Crippen molar-refractivity contribution >= 4 is 8.80 Å². The summed E-state index contributed by atoms with van der Waals surface area (Å²) in [4.78, 5) is 2.05. The Labute approximate surface area is 111 Å². The molecule has 1 aliphatic rings. The topological polar surface area (TPSA) is 30.9 Å². The van der Waals surface area contributed by atoms with Crippen LogP contribution >= 0.6 is 0 Å². The molecule has 4 nitrogen and oxygen atoms in total. The van der Waals surface area contributed by atoms with Crippen LogP contribution in [-0.2, 0) is 13.3 Å². The molecule has 1 aliphatic heterocycles. The summed E-state index contributed by atoms with van der Waals surface area (Å²) in [5.74, 6) is 0. The van der Waals surface area contributed by atoms with Gasteiger partial charge in [-0.05, 0) is 32.9 Å². The second kappa shape index (κ2) is 8.26. The molecule has 102 valence electrons. The largest absolute Gasteiger partial charge is 0.521 e. The van der Waals surface area contributed by atoms with Crippen LogP contribution in [0.4, 0.5) is 0 Å². The highest BCUT2D eigenvalue weighted by Gasteiger charge is 2.41. The Kier molecular flexibility index (Phi) is 6.96. The molecule has 0 aliphatic carbocycles. The van der Waals surface area contributed by atoms with Crippen molar-refractivity contribution in [2.24, 2.45) is 0 Å². The lowest BCUT2D eigenvalue weighted by molar-refractivity contribution is 0.0648. The molecule has 1 heterocycles. The number of hydrogen-bond donors (Lipinski definition) is 0. The van der Waals surface area contributed by atoms with E-state index in [1.807, 2.05) is 62.4 Å². The molecule has 0 fully saturated rings. The van der Waals surface area contributed by atoms with Crippen molar-refractivity contribution in [2.45, 2.75) is 20.8 Å². The molecule has 0 aromatic heterocycles. The fourth-order valence-electron chi connectivity index (χ4n) is 1.75. The lowest BCUT2D eigenvalue weighted by atomic mass is 10.5. The summed E-state index contributed by atoms with van der Waals surface area (Å²) in [5.41, 5.74) is 0. The predicted octanol–water partition coefficient (Wildman–Crippen LogP) is 2.47. The van der Waals surface area contributed by atoms with Crippen molar-refractivity contribution in [1.82, 2.24) is 4.90 Å². The van der Waals surface area contributed by atoms with E-state index in [9.17, 15) is 0 Å². The van der Waals surface area contributed by atoms with E-state index < -0.39 is 8.80 Å². The summed E-state index contributed by atoms with van der Waals surface area (Å²) >= 11 is 0. The fraction of sp³-hybridized carbons (Fsp3) is 0.538. The summed E-state index contributed by atoms with van der Waals surface area (Å²) in [6.45, 7) is 7.71. The molecule has 0 N–H and O–H groups in total. The van der Waals surface area contributed by atoms with Crippen LogP contribution in [0.3, 0.4) is 0 Å². The van der Waals surface area contributed by atoms with Crippen LogP contribution < -0.4 is 0 Å². The minimum atomic E-state index is -2.61. The van der Waals surface area contributed by atoms with Gasteiger partial charge in [0.25, 0.3) is 0 Å². The van der Waals surface area contributed by atoms with E-state index in [1.54, 1.807) is 0 Å². The minimum Gasteiger partial charge on any atom is -0.373 e. The summed E-state index contributed by atoms with van der Waals surface area (Å²) in [6, 6.07) is 0. The number of rotatable bonds is 8. The van der Waals surface area contributed by atoms with Gasteiger partial charge < -0.3 is 18.2 Å². The second-order valence-electron chi connectivity index (χ2n) is 3.72. The second-order valence-corrected chi connectivity index (χ2v) is 6.27. The third-order valence-electron chi connectivity index (χ3n) is 2.36. The minimum absolute atomic E-state index is 0.603. The molecule has 5 heteroatoms. The van der Waals surface area contributed by atoms with Crippen molar-refractivity contribution in [1.29, 1.82) is 0 Å². The molecular weight excluding hydrogens is 246 g/mol. The number of hydrogen-bond acceptors (Lipinski definition) is 4. The van der Waals surface area contributed by atoms with E-state index in [0.717, 1.165) is 0 Å². The quantitative estimate of drug-likeness (QED) is 0.633. The molecule has 0 aromatic rings. The maximum atomic E-state index is 5.82. The van der Waals surface area contributed by atoms with Crippen molar-refractivity contribution in [3.63, 3.8) is 0 Å². The molecule has 0 atom stereocenters. The predicted molar refractivity (Wildman–Crippen MR) is 74.8 cm³/mol. The first kappa shape index (κ1) is 15.2. The van der Waals surface area contributed by atoms with Gasteiger partial charge in [-0.1, -0.05) is 12.2 Å². The number of allylic oxidation sites excluding steroid dienone is 4. The smallest absolute Gasteiger partial charge is 0.373 e. The van der Waals surface area contributed by atoms with Gasteiger partial charge in [-0.3, -0.25) is 0 Å². The first-order valence-electron chi connectivity index (χ1n) is 6.45. The van der Waals surface area contributed by atoms with E-state index in [4.69, 9.17) is 13.3 Å². The zero-order valence-corrected chi connectivity index (χ0v) is 12.5. The highest BCUT2D eigenvalue weighted by atomic mass is 28.4. The Morgan fingerprint density at radius 2 is 1.22 bits per heavy atom. The summed E-state index contributed by atoms with van der Waals surface area (Å²) < 4.78 is 17.5. The molecular formula is C13H23NO3Si. The molecule has 0 saturated carbocycles. The third-order valence-corrected chi connectivity index (χ3v) is 5.30. The Morgan fingerprint density at radius 1 is 0.778 bits per heavy atom. The van der Waals surface area contributed by atoms with Gasteiger partial charge in [0.1, 0.15) is 0 Å². The molecule has 0 spiro atoms. The zero-order valence-electron chi connectivity index (χ0n) is 11.5. The van der Waals surface area contributed by atoms with Crippen molar-refractivity contribution in [2.75, 3.05) is 26.0 Å². The highest BCUT2D eigenvalue weighted by Crippen LogP contribution is 2.14. The lowest BCUT2D eigenvalue weighted by Gasteiger charge is -2.31. The summed E-state index contributed by atoms with van der Waals surface area (Å²) in [6.07, 6.45) is 12.6. The van der Waals surface area contributed by atoms with Crippen molar-refractivity contribution in [3.05, 3.63) is 36.7 Å². The van der Waals surface area contributed by atoms with Gasteiger partial charge in [0.2, 0.25) is 0 Å². The van der Waals surface area contributed by atoms with Gasteiger partial charge in [0, 0.05) is 32.2 Å². The van der Waals surface area contributed by atoms with E-state index in [-0.39, 0.29) is 0 Å². The van der Waals surface area contributed by atoms with Gasteiger partial charge in [0.05, 0.1) is 6.17 Å². The Hall–Kier alpha value is -0.883. The van der Waals surface area contributed by atoms with Crippen LogP contribution in [0.25, 0.3) is 0 Å². The molecule has 0 radical (unpaired) electrons. The molecule has 0 amide bonds. The Morgan fingerprint density at radius 3 is 1.61 bits per heavy atom. The maximum absolute atomic E-state index is 5.82.